The fourth-order valence-corrected chi connectivity index (χ4v) is 4.13. The number of methoxy groups -OCH3 is 1. The zero-order chi connectivity index (χ0) is 20.1. The third-order valence-electron chi connectivity index (χ3n) is 4.87. The number of carbonyl (C=O) groups excluding carboxylic acids is 1. The molecule has 0 bridgehead atoms. The highest BCUT2D eigenvalue weighted by molar-refractivity contribution is 7.13. The molecular weight excluding hydrogens is 386 g/mol. The number of anilines is 1. The SMILES string of the molecule is COc1ccc(-c2nc(CCNC(=O)c3cc(N4CCCC4)ncn3)cs2)cc1. The lowest BCUT2D eigenvalue weighted by molar-refractivity contribution is 0.0949. The minimum atomic E-state index is -0.182. The van der Waals surface area contributed by atoms with Crippen LogP contribution in [0.25, 0.3) is 10.6 Å². The van der Waals surface area contributed by atoms with Crippen LogP contribution in [-0.4, -0.2) is 47.6 Å². The van der Waals surface area contributed by atoms with Crippen molar-refractivity contribution in [2.45, 2.75) is 19.3 Å². The van der Waals surface area contributed by atoms with E-state index >= 15 is 0 Å². The molecule has 150 valence electrons. The molecule has 0 unspecified atom stereocenters. The summed E-state index contributed by atoms with van der Waals surface area (Å²) in [7, 11) is 1.65. The monoisotopic (exact) mass is 409 g/mol. The van der Waals surface area contributed by atoms with E-state index in [1.807, 2.05) is 29.6 Å². The van der Waals surface area contributed by atoms with E-state index in [2.05, 4.69) is 25.2 Å². The molecule has 0 aliphatic carbocycles. The van der Waals surface area contributed by atoms with Gasteiger partial charge in [0.1, 0.15) is 28.6 Å². The number of thiazole rings is 1. The van der Waals surface area contributed by atoms with Crippen molar-refractivity contribution in [2.24, 2.45) is 0 Å². The van der Waals surface area contributed by atoms with Gasteiger partial charge in [-0.15, -0.1) is 11.3 Å². The number of hydrogen-bond acceptors (Lipinski definition) is 7. The number of aromatic nitrogens is 3. The van der Waals surface area contributed by atoms with Crippen LogP contribution in [0, 0.1) is 0 Å². The molecule has 2 aromatic heterocycles. The largest absolute Gasteiger partial charge is 0.497 e. The van der Waals surface area contributed by atoms with E-state index in [0.29, 0.717) is 18.7 Å². The summed E-state index contributed by atoms with van der Waals surface area (Å²) in [5.41, 5.74) is 2.42. The van der Waals surface area contributed by atoms with Crippen molar-refractivity contribution >= 4 is 23.1 Å². The molecule has 1 N–H and O–H groups in total. The van der Waals surface area contributed by atoms with Gasteiger partial charge in [0.15, 0.2) is 0 Å². The average molecular weight is 410 g/mol. The first kappa shape index (κ1) is 19.3. The fourth-order valence-electron chi connectivity index (χ4n) is 3.27. The van der Waals surface area contributed by atoms with Crippen molar-refractivity contribution in [3.05, 3.63) is 53.4 Å². The Hall–Kier alpha value is -3.00. The number of rotatable bonds is 7. The molecule has 29 heavy (non-hydrogen) atoms. The number of hydrogen-bond donors (Lipinski definition) is 1. The molecule has 1 aliphatic heterocycles. The smallest absolute Gasteiger partial charge is 0.270 e. The van der Waals surface area contributed by atoms with Gasteiger partial charge in [-0.25, -0.2) is 15.0 Å². The van der Waals surface area contributed by atoms with Gasteiger partial charge in [0, 0.05) is 43.1 Å². The molecule has 1 amide bonds. The normalized spacial score (nSPS) is 13.5. The van der Waals surface area contributed by atoms with Gasteiger partial charge in [-0.3, -0.25) is 4.79 Å². The van der Waals surface area contributed by atoms with Crippen LogP contribution >= 0.6 is 11.3 Å². The van der Waals surface area contributed by atoms with Crippen LogP contribution in [0.3, 0.4) is 0 Å². The van der Waals surface area contributed by atoms with Gasteiger partial charge in [0.05, 0.1) is 12.8 Å². The Balaban J connectivity index is 1.31. The number of nitrogens with zero attached hydrogens (tertiary/aromatic N) is 4. The first-order valence-electron chi connectivity index (χ1n) is 9.67. The van der Waals surface area contributed by atoms with Crippen LogP contribution in [0.2, 0.25) is 0 Å². The molecule has 0 atom stereocenters. The minimum Gasteiger partial charge on any atom is -0.497 e. The molecule has 1 aliphatic rings. The van der Waals surface area contributed by atoms with Crippen LogP contribution in [0.15, 0.2) is 42.0 Å². The average Bonchev–Trinajstić information content (AvgIpc) is 3.46. The maximum atomic E-state index is 12.4. The van der Waals surface area contributed by atoms with E-state index in [9.17, 15) is 4.79 Å². The fraction of sp³-hybridized carbons (Fsp3) is 0.333. The van der Waals surface area contributed by atoms with Gasteiger partial charge in [0.25, 0.3) is 5.91 Å². The number of amides is 1. The number of ether oxygens (including phenoxy) is 1. The highest BCUT2D eigenvalue weighted by Gasteiger charge is 2.16. The molecule has 0 spiro atoms. The van der Waals surface area contributed by atoms with Crippen molar-refractivity contribution in [1.29, 1.82) is 0 Å². The summed E-state index contributed by atoms with van der Waals surface area (Å²) in [4.78, 5) is 27.7. The maximum absolute atomic E-state index is 12.4. The Morgan fingerprint density at radius 2 is 2.00 bits per heavy atom. The second kappa shape index (κ2) is 9.00. The standard InChI is InChI=1S/C21H23N5O2S/c1-28-17-6-4-15(5-7-17)21-25-16(13-29-21)8-9-22-20(27)18-12-19(24-14-23-18)26-10-2-3-11-26/h4-7,12-14H,2-3,8-11H2,1H3,(H,22,27). The van der Waals surface area contributed by atoms with Crippen molar-refractivity contribution in [2.75, 3.05) is 31.6 Å². The van der Waals surface area contributed by atoms with E-state index in [-0.39, 0.29) is 5.91 Å². The first-order valence-corrected chi connectivity index (χ1v) is 10.5. The van der Waals surface area contributed by atoms with Crippen molar-refractivity contribution in [3.8, 4) is 16.3 Å². The van der Waals surface area contributed by atoms with E-state index in [0.717, 1.165) is 53.8 Å². The second-order valence-electron chi connectivity index (χ2n) is 6.83. The Morgan fingerprint density at radius 3 is 2.76 bits per heavy atom. The van der Waals surface area contributed by atoms with Gasteiger partial charge in [0.2, 0.25) is 0 Å². The van der Waals surface area contributed by atoms with Crippen molar-refractivity contribution in [1.82, 2.24) is 20.3 Å². The third-order valence-corrected chi connectivity index (χ3v) is 5.81. The molecule has 8 heteroatoms. The van der Waals surface area contributed by atoms with E-state index in [1.165, 1.54) is 6.33 Å². The second-order valence-corrected chi connectivity index (χ2v) is 7.69. The van der Waals surface area contributed by atoms with E-state index in [1.54, 1.807) is 24.5 Å². The van der Waals surface area contributed by atoms with E-state index in [4.69, 9.17) is 4.74 Å². The summed E-state index contributed by atoms with van der Waals surface area (Å²) in [5, 5.41) is 5.92. The lowest BCUT2D eigenvalue weighted by atomic mass is 10.2. The van der Waals surface area contributed by atoms with Crippen LogP contribution < -0.4 is 15.0 Å². The molecule has 1 fully saturated rings. The quantitative estimate of drug-likeness (QED) is 0.646. The van der Waals surface area contributed by atoms with Gasteiger partial charge < -0.3 is 15.0 Å². The maximum Gasteiger partial charge on any atom is 0.270 e. The summed E-state index contributed by atoms with van der Waals surface area (Å²) >= 11 is 1.60. The van der Waals surface area contributed by atoms with Crippen LogP contribution in [0.4, 0.5) is 5.82 Å². The summed E-state index contributed by atoms with van der Waals surface area (Å²) in [6.45, 7) is 2.48. The molecule has 3 aromatic rings. The number of carbonyl (C=O) groups is 1. The van der Waals surface area contributed by atoms with Crippen molar-refractivity contribution in [3.63, 3.8) is 0 Å². The van der Waals surface area contributed by atoms with Gasteiger partial charge >= 0.3 is 0 Å². The number of benzene rings is 1. The highest BCUT2D eigenvalue weighted by Crippen LogP contribution is 2.25. The molecule has 3 heterocycles. The van der Waals surface area contributed by atoms with Gasteiger partial charge in [-0.1, -0.05) is 0 Å². The van der Waals surface area contributed by atoms with Gasteiger partial charge in [-0.05, 0) is 37.1 Å². The Kier molecular flexibility index (Phi) is 6.00. The molecular formula is C21H23N5O2S. The molecule has 0 saturated carbocycles. The predicted octanol–water partition coefficient (Wildman–Crippen LogP) is 3.18. The molecule has 0 radical (unpaired) electrons. The topological polar surface area (TPSA) is 80.2 Å². The predicted molar refractivity (Wildman–Crippen MR) is 114 cm³/mol. The zero-order valence-electron chi connectivity index (χ0n) is 16.3. The lowest BCUT2D eigenvalue weighted by Gasteiger charge is -2.16. The molecule has 7 nitrogen and oxygen atoms in total. The van der Waals surface area contributed by atoms with Gasteiger partial charge in [-0.2, -0.15) is 0 Å². The summed E-state index contributed by atoms with van der Waals surface area (Å²) in [6, 6.07) is 9.61. The first-order chi connectivity index (χ1) is 14.2. The third kappa shape index (κ3) is 4.71. The Labute approximate surface area is 173 Å². The molecule has 1 saturated heterocycles. The minimum absolute atomic E-state index is 0.182. The summed E-state index contributed by atoms with van der Waals surface area (Å²) in [6.07, 6.45) is 4.46. The number of nitrogens with one attached hydrogen (secondary N) is 1. The summed E-state index contributed by atoms with van der Waals surface area (Å²) in [5.74, 6) is 1.47. The highest BCUT2D eigenvalue weighted by atomic mass is 32.1. The lowest BCUT2D eigenvalue weighted by Crippen LogP contribution is -2.27. The van der Waals surface area contributed by atoms with Crippen LogP contribution in [-0.2, 0) is 6.42 Å². The Morgan fingerprint density at radius 1 is 1.21 bits per heavy atom. The van der Waals surface area contributed by atoms with Crippen molar-refractivity contribution < 1.29 is 9.53 Å². The zero-order valence-corrected chi connectivity index (χ0v) is 17.1. The molecule has 1 aromatic carbocycles. The van der Waals surface area contributed by atoms with Crippen LogP contribution in [0.1, 0.15) is 29.0 Å². The van der Waals surface area contributed by atoms with E-state index < -0.39 is 0 Å². The van der Waals surface area contributed by atoms with Crippen LogP contribution in [0.5, 0.6) is 5.75 Å². The summed E-state index contributed by atoms with van der Waals surface area (Å²) < 4.78 is 5.19. The molecule has 4 rings (SSSR count). The Bertz CT molecular complexity index is 967.